The first-order valence-corrected chi connectivity index (χ1v) is 6.69. The van der Waals surface area contributed by atoms with E-state index in [9.17, 15) is 9.59 Å². The third kappa shape index (κ3) is 7.22. The molecule has 0 radical (unpaired) electrons. The van der Waals surface area contributed by atoms with Crippen LogP contribution in [0, 0.1) is 0 Å². The number of carbonyl (C=O) groups is 2. The Bertz CT molecular complexity index is 539. The maximum Gasteiger partial charge on any atom is 0.252 e. The molecule has 0 saturated heterocycles. The molecule has 1 rings (SSSR count). The van der Waals surface area contributed by atoms with Crippen LogP contribution in [0.5, 0.6) is 0 Å². The zero-order valence-electron chi connectivity index (χ0n) is 12.3. The molecule has 0 aromatic carbocycles. The highest BCUT2D eigenvalue weighted by atomic mass is 16.5. The highest BCUT2D eigenvalue weighted by Gasteiger charge is 2.05. The summed E-state index contributed by atoms with van der Waals surface area (Å²) in [5.74, 6) is -0.360. The summed E-state index contributed by atoms with van der Waals surface area (Å²) in [6.07, 6.45) is 1.43. The molecule has 2 N–H and O–H groups in total. The van der Waals surface area contributed by atoms with E-state index in [0.29, 0.717) is 37.6 Å². The van der Waals surface area contributed by atoms with Gasteiger partial charge in [-0.1, -0.05) is 5.11 Å². The third-order valence-electron chi connectivity index (χ3n) is 2.54. The summed E-state index contributed by atoms with van der Waals surface area (Å²) < 4.78 is 5.24. The average molecular weight is 306 g/mol. The van der Waals surface area contributed by atoms with Crippen molar-refractivity contribution >= 4 is 11.8 Å². The molecule has 0 bridgehead atoms. The molecule has 0 aliphatic carbocycles. The van der Waals surface area contributed by atoms with E-state index >= 15 is 0 Å². The van der Waals surface area contributed by atoms with Gasteiger partial charge in [0.25, 0.3) is 5.91 Å². The number of hydrogen-bond acceptors (Lipinski definition) is 5. The summed E-state index contributed by atoms with van der Waals surface area (Å²) in [6, 6.07) is 3.25. The number of amides is 2. The van der Waals surface area contributed by atoms with Crippen LogP contribution in [0.2, 0.25) is 0 Å². The lowest BCUT2D eigenvalue weighted by Gasteiger charge is -2.07. The molecule has 0 fully saturated rings. The highest BCUT2D eigenvalue weighted by Crippen LogP contribution is 2.01. The molecule has 0 aliphatic rings. The van der Waals surface area contributed by atoms with Crippen LogP contribution < -0.4 is 10.6 Å². The summed E-state index contributed by atoms with van der Waals surface area (Å²) in [6.45, 7) is 3.14. The molecule has 9 nitrogen and oxygen atoms in total. The Morgan fingerprint density at radius 2 is 2.05 bits per heavy atom. The van der Waals surface area contributed by atoms with Gasteiger partial charge in [0.2, 0.25) is 5.91 Å². The van der Waals surface area contributed by atoms with E-state index in [1.807, 2.05) is 0 Å². The van der Waals surface area contributed by atoms with Crippen molar-refractivity contribution in [2.45, 2.75) is 13.5 Å². The summed E-state index contributed by atoms with van der Waals surface area (Å²) in [5, 5.41) is 8.68. The van der Waals surface area contributed by atoms with Crippen molar-refractivity contribution in [2.75, 3.05) is 26.3 Å². The first kappa shape index (κ1) is 17.4. The molecule has 0 spiro atoms. The predicted molar refractivity (Wildman–Crippen MR) is 78.9 cm³/mol. The van der Waals surface area contributed by atoms with Gasteiger partial charge in [0.15, 0.2) is 0 Å². The molecule has 2 amide bonds. The van der Waals surface area contributed by atoms with Gasteiger partial charge < -0.3 is 15.4 Å². The van der Waals surface area contributed by atoms with Crippen molar-refractivity contribution < 1.29 is 14.3 Å². The normalized spacial score (nSPS) is 9.68. The number of ether oxygens (including phenoxy) is 1. The molecule has 1 aromatic heterocycles. The molecule has 1 heterocycles. The summed E-state index contributed by atoms with van der Waals surface area (Å²) >= 11 is 0. The second-order valence-corrected chi connectivity index (χ2v) is 4.28. The third-order valence-corrected chi connectivity index (χ3v) is 2.54. The molecule has 0 saturated carbocycles. The number of nitrogens with one attached hydrogen (secondary N) is 2. The van der Waals surface area contributed by atoms with Crippen molar-refractivity contribution in [1.82, 2.24) is 15.6 Å². The maximum atomic E-state index is 11.8. The highest BCUT2D eigenvalue weighted by molar-refractivity contribution is 5.93. The van der Waals surface area contributed by atoms with Gasteiger partial charge in [-0.15, -0.1) is 0 Å². The number of hydrogen-bond donors (Lipinski definition) is 2. The number of aromatic nitrogens is 1. The molecule has 0 atom stereocenters. The lowest BCUT2D eigenvalue weighted by atomic mass is 10.2. The zero-order valence-corrected chi connectivity index (χ0v) is 12.3. The Kier molecular flexibility index (Phi) is 8.02. The molecule has 22 heavy (non-hydrogen) atoms. The smallest absolute Gasteiger partial charge is 0.252 e. The minimum atomic E-state index is -0.256. The fourth-order valence-corrected chi connectivity index (χ4v) is 1.50. The van der Waals surface area contributed by atoms with Crippen molar-refractivity contribution in [1.29, 1.82) is 0 Å². The van der Waals surface area contributed by atoms with Crippen molar-refractivity contribution in [2.24, 2.45) is 5.11 Å². The van der Waals surface area contributed by atoms with Crippen LogP contribution in [0.3, 0.4) is 0 Å². The molecule has 9 heteroatoms. The Labute approximate surface area is 127 Å². The largest absolute Gasteiger partial charge is 0.378 e. The van der Waals surface area contributed by atoms with E-state index < -0.39 is 0 Å². The summed E-state index contributed by atoms with van der Waals surface area (Å²) in [7, 11) is 0. The Hall–Kier alpha value is -2.64. The van der Waals surface area contributed by atoms with Crippen molar-refractivity contribution in [3.05, 3.63) is 40.0 Å². The molecular weight excluding hydrogens is 288 g/mol. The van der Waals surface area contributed by atoms with Gasteiger partial charge in [-0.3, -0.25) is 14.6 Å². The van der Waals surface area contributed by atoms with E-state index in [-0.39, 0.29) is 18.4 Å². The second kappa shape index (κ2) is 10.1. The number of nitrogens with zero attached hydrogens (tertiary/aromatic N) is 4. The molecule has 0 unspecified atom stereocenters. The average Bonchev–Trinajstić information content (AvgIpc) is 2.52. The standard InChI is InChI=1S/C13H18N6O3/c1-10(20)15-4-6-22-7-5-16-13(21)11-2-3-12(17-8-11)9-18-19-14/h2-3,8H,4-7,9H2,1H3,(H,15,20)(H,16,21). The molecule has 118 valence electrons. The van der Waals surface area contributed by atoms with E-state index in [4.69, 9.17) is 10.3 Å². The lowest BCUT2D eigenvalue weighted by molar-refractivity contribution is -0.119. The minimum absolute atomic E-state index is 0.103. The van der Waals surface area contributed by atoms with Gasteiger partial charge in [-0.25, -0.2) is 0 Å². The van der Waals surface area contributed by atoms with Crippen LogP contribution >= 0.6 is 0 Å². The number of rotatable bonds is 9. The van der Waals surface area contributed by atoms with E-state index in [1.165, 1.54) is 13.1 Å². The SMILES string of the molecule is CC(=O)NCCOCCNC(=O)c1ccc(CN=[N+]=[N-])nc1. The van der Waals surface area contributed by atoms with Crippen LogP contribution in [-0.2, 0) is 16.1 Å². The van der Waals surface area contributed by atoms with Crippen LogP contribution in [0.4, 0.5) is 0 Å². The Balaban J connectivity index is 2.22. The van der Waals surface area contributed by atoms with Gasteiger partial charge in [-0.05, 0) is 17.7 Å². The van der Waals surface area contributed by atoms with Crippen molar-refractivity contribution in [3.63, 3.8) is 0 Å². The maximum absolute atomic E-state index is 11.8. The van der Waals surface area contributed by atoms with E-state index in [1.54, 1.807) is 12.1 Å². The molecule has 1 aromatic rings. The van der Waals surface area contributed by atoms with Gasteiger partial charge in [-0.2, -0.15) is 0 Å². The topological polar surface area (TPSA) is 129 Å². The fraction of sp³-hybridized carbons (Fsp3) is 0.462. The minimum Gasteiger partial charge on any atom is -0.378 e. The second-order valence-electron chi connectivity index (χ2n) is 4.28. The Morgan fingerprint density at radius 1 is 1.32 bits per heavy atom. The van der Waals surface area contributed by atoms with Crippen LogP contribution in [-0.4, -0.2) is 43.1 Å². The van der Waals surface area contributed by atoms with Gasteiger partial charge in [0.05, 0.1) is 25.3 Å². The summed E-state index contributed by atoms with van der Waals surface area (Å²) in [5.41, 5.74) is 9.22. The van der Waals surface area contributed by atoms with Crippen LogP contribution in [0.25, 0.3) is 10.4 Å². The van der Waals surface area contributed by atoms with Crippen molar-refractivity contribution in [3.8, 4) is 0 Å². The quantitative estimate of drug-likeness (QED) is 0.302. The summed E-state index contributed by atoms with van der Waals surface area (Å²) in [4.78, 5) is 29.1. The Morgan fingerprint density at radius 3 is 2.64 bits per heavy atom. The van der Waals surface area contributed by atoms with Crippen LogP contribution in [0.15, 0.2) is 23.4 Å². The number of pyridine rings is 1. The zero-order chi connectivity index (χ0) is 16.2. The van der Waals surface area contributed by atoms with E-state index in [2.05, 4.69) is 25.6 Å². The lowest BCUT2D eigenvalue weighted by Crippen LogP contribution is -2.29. The van der Waals surface area contributed by atoms with Gasteiger partial charge in [0.1, 0.15) is 0 Å². The van der Waals surface area contributed by atoms with Gasteiger partial charge in [0, 0.05) is 36.8 Å². The molecule has 0 aliphatic heterocycles. The monoisotopic (exact) mass is 306 g/mol. The number of carbonyl (C=O) groups excluding carboxylic acids is 2. The number of azide groups is 1. The fourth-order valence-electron chi connectivity index (χ4n) is 1.50. The van der Waals surface area contributed by atoms with Gasteiger partial charge >= 0.3 is 0 Å². The first-order chi connectivity index (χ1) is 10.6. The first-order valence-electron chi connectivity index (χ1n) is 6.69. The predicted octanol–water partition coefficient (Wildman–Crippen LogP) is 0.774. The van der Waals surface area contributed by atoms with E-state index in [0.717, 1.165) is 0 Å². The molecular formula is C13H18N6O3. The van der Waals surface area contributed by atoms with Crippen LogP contribution in [0.1, 0.15) is 23.0 Å².